The van der Waals surface area contributed by atoms with Gasteiger partial charge >= 0.3 is 0 Å². The van der Waals surface area contributed by atoms with Gasteiger partial charge < -0.3 is 14.7 Å². The fourth-order valence-electron chi connectivity index (χ4n) is 3.01. The van der Waals surface area contributed by atoms with Gasteiger partial charge in [0.1, 0.15) is 0 Å². The van der Waals surface area contributed by atoms with E-state index in [0.29, 0.717) is 30.4 Å². The minimum atomic E-state index is 0.0630. The monoisotopic (exact) mass is 329 g/mol. The molecule has 1 amide bonds. The normalized spacial score (nSPS) is 16.9. The Morgan fingerprint density at radius 3 is 2.58 bits per heavy atom. The Labute approximate surface area is 141 Å². The van der Waals surface area contributed by atoms with Crippen molar-refractivity contribution in [3.63, 3.8) is 0 Å². The van der Waals surface area contributed by atoms with Gasteiger partial charge in [0.2, 0.25) is 5.89 Å². The zero-order valence-electron chi connectivity index (χ0n) is 14.3. The molecule has 1 fully saturated rings. The molecule has 0 bridgehead atoms. The van der Waals surface area contributed by atoms with Gasteiger partial charge in [-0.05, 0) is 26.0 Å². The lowest BCUT2D eigenvalue weighted by Crippen LogP contribution is -2.49. The van der Waals surface area contributed by atoms with Gasteiger partial charge in [-0.15, -0.1) is 0 Å². The molecule has 1 N–H and O–H groups in total. The average molecular weight is 329 g/mol. The topological polar surface area (TPSA) is 74.5 Å². The molecule has 0 aliphatic carbocycles. The van der Waals surface area contributed by atoms with Crippen molar-refractivity contribution in [2.45, 2.75) is 19.9 Å². The summed E-state index contributed by atoms with van der Waals surface area (Å²) in [4.78, 5) is 21.2. The molecule has 1 aliphatic rings. The Morgan fingerprint density at radius 1 is 1.25 bits per heavy atom. The van der Waals surface area contributed by atoms with E-state index in [-0.39, 0.29) is 11.9 Å². The van der Waals surface area contributed by atoms with E-state index in [2.05, 4.69) is 27.3 Å². The summed E-state index contributed by atoms with van der Waals surface area (Å²) in [5.74, 6) is 1.35. The first-order valence-electron chi connectivity index (χ1n) is 8.20. The number of amides is 1. The van der Waals surface area contributed by atoms with Gasteiger partial charge in [0.25, 0.3) is 5.91 Å². The number of para-hydroxylation sites is 1. The van der Waals surface area contributed by atoms with E-state index in [1.54, 1.807) is 0 Å². The summed E-state index contributed by atoms with van der Waals surface area (Å²) in [6.07, 6.45) is 0. The number of rotatable bonds is 4. The van der Waals surface area contributed by atoms with Crippen LogP contribution in [-0.4, -0.2) is 59.1 Å². The maximum atomic E-state index is 12.8. The summed E-state index contributed by atoms with van der Waals surface area (Å²) < 4.78 is 5.26. The average Bonchev–Trinajstić information content (AvgIpc) is 3.07. The number of benzene rings is 1. The molecule has 1 aromatic carbocycles. The van der Waals surface area contributed by atoms with Crippen LogP contribution in [0.15, 0.2) is 28.8 Å². The van der Waals surface area contributed by atoms with Crippen molar-refractivity contribution < 1.29 is 9.32 Å². The molecule has 1 aliphatic heterocycles. The van der Waals surface area contributed by atoms with Crippen molar-refractivity contribution in [3.05, 3.63) is 41.5 Å². The van der Waals surface area contributed by atoms with Crippen LogP contribution in [0, 0.1) is 6.92 Å². The van der Waals surface area contributed by atoms with Crippen molar-refractivity contribution in [2.24, 2.45) is 0 Å². The molecule has 0 radical (unpaired) electrons. The third kappa shape index (κ3) is 3.26. The highest BCUT2D eigenvalue weighted by molar-refractivity contribution is 5.99. The van der Waals surface area contributed by atoms with E-state index in [4.69, 9.17) is 4.52 Å². The second-order valence-corrected chi connectivity index (χ2v) is 5.98. The molecule has 24 heavy (non-hydrogen) atoms. The first kappa shape index (κ1) is 16.4. The Hall–Kier alpha value is -2.41. The highest BCUT2D eigenvalue weighted by Crippen LogP contribution is 2.22. The predicted octanol–water partition coefficient (Wildman–Crippen LogP) is 1.94. The van der Waals surface area contributed by atoms with Crippen molar-refractivity contribution in [2.75, 3.05) is 38.5 Å². The van der Waals surface area contributed by atoms with Crippen LogP contribution in [0.25, 0.3) is 0 Å². The van der Waals surface area contributed by atoms with E-state index in [0.717, 1.165) is 18.8 Å². The number of aromatic nitrogens is 2. The minimum absolute atomic E-state index is 0.0630. The largest absolute Gasteiger partial charge is 0.387 e. The fourth-order valence-corrected chi connectivity index (χ4v) is 3.01. The van der Waals surface area contributed by atoms with Crippen LogP contribution < -0.4 is 5.32 Å². The molecule has 128 valence electrons. The van der Waals surface area contributed by atoms with E-state index in [9.17, 15) is 4.79 Å². The predicted molar refractivity (Wildman–Crippen MR) is 90.9 cm³/mol. The highest BCUT2D eigenvalue weighted by Gasteiger charge is 2.28. The van der Waals surface area contributed by atoms with Crippen LogP contribution >= 0.6 is 0 Å². The standard InChI is InChI=1S/C17H23N5O2/c1-12(16-19-13(2)20-24-16)21-8-10-22(11-9-21)17(23)14-6-4-5-7-15(14)18-3/h4-7,12,18H,8-11H2,1-3H3. The first-order chi connectivity index (χ1) is 11.6. The SMILES string of the molecule is CNc1ccccc1C(=O)N1CCN(C(C)c2nc(C)no2)CC1. The van der Waals surface area contributed by atoms with Gasteiger partial charge in [0, 0.05) is 38.9 Å². The molecule has 1 saturated heterocycles. The molecule has 1 atom stereocenters. The molecular weight excluding hydrogens is 306 g/mol. The van der Waals surface area contributed by atoms with Crippen LogP contribution in [0.3, 0.4) is 0 Å². The van der Waals surface area contributed by atoms with Crippen LogP contribution in [0.4, 0.5) is 5.69 Å². The lowest BCUT2D eigenvalue weighted by Gasteiger charge is -2.37. The van der Waals surface area contributed by atoms with E-state index in [1.165, 1.54) is 0 Å². The van der Waals surface area contributed by atoms with Crippen molar-refractivity contribution in [1.29, 1.82) is 0 Å². The Kier molecular flexibility index (Phi) is 4.80. The number of anilines is 1. The molecular formula is C17H23N5O2. The minimum Gasteiger partial charge on any atom is -0.387 e. The van der Waals surface area contributed by atoms with Gasteiger partial charge in [-0.3, -0.25) is 9.69 Å². The van der Waals surface area contributed by atoms with Crippen LogP contribution in [0.5, 0.6) is 0 Å². The molecule has 3 rings (SSSR count). The van der Waals surface area contributed by atoms with Gasteiger partial charge in [-0.25, -0.2) is 0 Å². The Balaban J connectivity index is 1.63. The zero-order valence-corrected chi connectivity index (χ0v) is 14.3. The Bertz CT molecular complexity index is 707. The van der Waals surface area contributed by atoms with Gasteiger partial charge in [0.15, 0.2) is 5.82 Å². The lowest BCUT2D eigenvalue weighted by molar-refractivity contribution is 0.0552. The van der Waals surface area contributed by atoms with E-state index in [1.807, 2.05) is 43.1 Å². The lowest BCUT2D eigenvalue weighted by atomic mass is 10.1. The van der Waals surface area contributed by atoms with Crippen LogP contribution in [0.1, 0.15) is 35.0 Å². The van der Waals surface area contributed by atoms with Crippen molar-refractivity contribution >= 4 is 11.6 Å². The molecule has 1 aromatic heterocycles. The second-order valence-electron chi connectivity index (χ2n) is 5.98. The third-order valence-electron chi connectivity index (χ3n) is 4.48. The molecule has 0 saturated carbocycles. The molecule has 7 nitrogen and oxygen atoms in total. The van der Waals surface area contributed by atoms with Gasteiger partial charge in [-0.2, -0.15) is 4.98 Å². The molecule has 1 unspecified atom stereocenters. The number of aryl methyl sites for hydroxylation is 1. The third-order valence-corrected chi connectivity index (χ3v) is 4.48. The number of hydrogen-bond donors (Lipinski definition) is 1. The Morgan fingerprint density at radius 2 is 1.96 bits per heavy atom. The molecule has 0 spiro atoms. The van der Waals surface area contributed by atoms with Crippen molar-refractivity contribution in [1.82, 2.24) is 19.9 Å². The maximum Gasteiger partial charge on any atom is 0.256 e. The van der Waals surface area contributed by atoms with Crippen LogP contribution in [0.2, 0.25) is 0 Å². The summed E-state index contributed by atoms with van der Waals surface area (Å²) in [7, 11) is 1.83. The van der Waals surface area contributed by atoms with E-state index < -0.39 is 0 Å². The quantitative estimate of drug-likeness (QED) is 0.924. The zero-order chi connectivity index (χ0) is 17.1. The first-order valence-corrected chi connectivity index (χ1v) is 8.20. The summed E-state index contributed by atoms with van der Waals surface area (Å²) in [5.41, 5.74) is 1.58. The number of carbonyl (C=O) groups is 1. The summed E-state index contributed by atoms with van der Waals surface area (Å²) in [6.45, 7) is 6.82. The van der Waals surface area contributed by atoms with E-state index >= 15 is 0 Å². The summed E-state index contributed by atoms with van der Waals surface area (Å²) in [6, 6.07) is 7.67. The summed E-state index contributed by atoms with van der Waals surface area (Å²) in [5, 5.41) is 6.93. The van der Waals surface area contributed by atoms with Crippen LogP contribution in [-0.2, 0) is 0 Å². The number of hydrogen-bond acceptors (Lipinski definition) is 6. The highest BCUT2D eigenvalue weighted by atomic mass is 16.5. The van der Waals surface area contributed by atoms with Gasteiger partial charge in [-0.1, -0.05) is 17.3 Å². The second kappa shape index (κ2) is 7.00. The molecule has 2 heterocycles. The fraction of sp³-hybridized carbons (Fsp3) is 0.471. The van der Waals surface area contributed by atoms with Gasteiger partial charge in [0.05, 0.1) is 11.6 Å². The number of nitrogens with zero attached hydrogens (tertiary/aromatic N) is 4. The number of piperazine rings is 1. The summed E-state index contributed by atoms with van der Waals surface area (Å²) >= 11 is 0. The smallest absolute Gasteiger partial charge is 0.256 e. The number of carbonyl (C=O) groups excluding carboxylic acids is 1. The number of nitrogens with one attached hydrogen (secondary N) is 1. The van der Waals surface area contributed by atoms with Crippen molar-refractivity contribution in [3.8, 4) is 0 Å². The molecule has 7 heteroatoms. The maximum absolute atomic E-state index is 12.8. The molecule has 2 aromatic rings.